The highest BCUT2D eigenvalue weighted by atomic mass is 79.9. The van der Waals surface area contributed by atoms with Gasteiger partial charge in [-0.05, 0) is 46.5 Å². The minimum atomic E-state index is 0.333. The second-order valence-electron chi connectivity index (χ2n) is 4.23. The maximum atomic E-state index is 5.66. The van der Waals surface area contributed by atoms with E-state index in [4.69, 9.17) is 16.3 Å². The third-order valence-corrected chi connectivity index (χ3v) is 3.28. The number of hydrogen-bond acceptors (Lipinski definition) is 2. The van der Waals surface area contributed by atoms with Gasteiger partial charge in [0.25, 0.3) is 0 Å². The van der Waals surface area contributed by atoms with E-state index in [2.05, 4.69) is 40.0 Å². The van der Waals surface area contributed by atoms with Gasteiger partial charge in [0, 0.05) is 17.6 Å². The summed E-state index contributed by atoms with van der Waals surface area (Å²) in [6.07, 6.45) is 2.61. The number of ether oxygens (including phenoxy) is 1. The largest absolute Gasteiger partial charge is 0.487 e. The fourth-order valence-corrected chi connectivity index (χ4v) is 2.07. The van der Waals surface area contributed by atoms with Gasteiger partial charge in [-0.15, -0.1) is 0 Å². The minimum Gasteiger partial charge on any atom is -0.487 e. The first-order chi connectivity index (χ1) is 8.15. The molecule has 0 saturated heterocycles. The van der Waals surface area contributed by atoms with E-state index in [0.717, 1.165) is 22.8 Å². The van der Waals surface area contributed by atoms with Crippen molar-refractivity contribution in [3.8, 4) is 5.75 Å². The Morgan fingerprint density at radius 3 is 2.88 bits per heavy atom. The van der Waals surface area contributed by atoms with Crippen LogP contribution in [-0.2, 0) is 6.54 Å². The molecular formula is C13H15BrClNO. The van der Waals surface area contributed by atoms with Crippen molar-refractivity contribution in [3.05, 3.63) is 39.8 Å². The molecule has 0 radical (unpaired) electrons. The summed E-state index contributed by atoms with van der Waals surface area (Å²) in [6, 6.07) is 6.81. The Balaban J connectivity index is 1.92. The van der Waals surface area contributed by atoms with Crippen molar-refractivity contribution in [1.82, 2.24) is 5.32 Å². The van der Waals surface area contributed by atoms with Gasteiger partial charge in [0.1, 0.15) is 12.4 Å². The Bertz CT molecular complexity index is 418. The molecule has 17 heavy (non-hydrogen) atoms. The van der Waals surface area contributed by atoms with Crippen LogP contribution in [0, 0.1) is 0 Å². The topological polar surface area (TPSA) is 21.3 Å². The number of rotatable bonds is 6. The molecule has 0 atom stereocenters. The number of nitrogens with one attached hydrogen (secondary N) is 1. The summed E-state index contributed by atoms with van der Waals surface area (Å²) in [6.45, 7) is 4.83. The second-order valence-corrected chi connectivity index (χ2v) is 5.61. The first-order valence-electron chi connectivity index (χ1n) is 5.63. The van der Waals surface area contributed by atoms with Crippen LogP contribution in [0.15, 0.2) is 34.3 Å². The Labute approximate surface area is 115 Å². The van der Waals surface area contributed by atoms with E-state index in [1.54, 1.807) is 0 Å². The number of benzene rings is 1. The molecule has 1 aromatic carbocycles. The molecule has 1 aromatic rings. The van der Waals surface area contributed by atoms with Crippen molar-refractivity contribution in [2.24, 2.45) is 0 Å². The van der Waals surface area contributed by atoms with Crippen LogP contribution in [0.25, 0.3) is 0 Å². The van der Waals surface area contributed by atoms with Gasteiger partial charge in [-0.25, -0.2) is 0 Å². The molecule has 0 spiro atoms. The monoisotopic (exact) mass is 315 g/mol. The molecule has 0 amide bonds. The minimum absolute atomic E-state index is 0.333. The van der Waals surface area contributed by atoms with Gasteiger partial charge in [-0.2, -0.15) is 0 Å². The first kappa shape index (κ1) is 12.9. The fraction of sp³-hybridized carbons (Fsp3) is 0.385. The van der Waals surface area contributed by atoms with Gasteiger partial charge < -0.3 is 10.1 Å². The van der Waals surface area contributed by atoms with Crippen LogP contribution in [0.3, 0.4) is 0 Å². The molecule has 0 heterocycles. The molecule has 2 rings (SSSR count). The molecule has 1 saturated carbocycles. The van der Waals surface area contributed by atoms with Crippen molar-refractivity contribution >= 4 is 27.5 Å². The summed E-state index contributed by atoms with van der Waals surface area (Å²) in [7, 11) is 0. The third-order valence-electron chi connectivity index (χ3n) is 2.55. The smallest absolute Gasteiger partial charge is 0.134 e. The lowest BCUT2D eigenvalue weighted by atomic mass is 10.2. The molecule has 0 unspecified atom stereocenters. The summed E-state index contributed by atoms with van der Waals surface area (Å²) in [5.41, 5.74) is 1.25. The highest BCUT2D eigenvalue weighted by molar-refractivity contribution is 9.10. The lowest BCUT2D eigenvalue weighted by molar-refractivity contribution is 0.357. The van der Waals surface area contributed by atoms with Crippen LogP contribution >= 0.6 is 27.5 Å². The predicted octanol–water partition coefficient (Wildman–Crippen LogP) is 3.83. The molecule has 1 fully saturated rings. The standard InChI is InChI=1S/C13H15BrClNO/c1-9(15)8-17-13-5-2-10(6-12(13)14)7-16-11-3-4-11/h2,5-6,11,16H,1,3-4,7-8H2. The maximum absolute atomic E-state index is 5.66. The Morgan fingerprint density at radius 2 is 2.29 bits per heavy atom. The number of halogens is 2. The van der Waals surface area contributed by atoms with E-state index < -0.39 is 0 Å². The van der Waals surface area contributed by atoms with Gasteiger partial charge in [0.2, 0.25) is 0 Å². The summed E-state index contributed by atoms with van der Waals surface area (Å²) >= 11 is 9.15. The normalized spacial score (nSPS) is 14.7. The van der Waals surface area contributed by atoms with Crippen LogP contribution in [0.4, 0.5) is 0 Å². The van der Waals surface area contributed by atoms with Crippen molar-refractivity contribution in [2.75, 3.05) is 6.61 Å². The molecule has 1 N–H and O–H groups in total. The van der Waals surface area contributed by atoms with E-state index in [-0.39, 0.29) is 0 Å². The zero-order valence-electron chi connectivity index (χ0n) is 9.51. The zero-order valence-corrected chi connectivity index (χ0v) is 11.9. The summed E-state index contributed by atoms with van der Waals surface area (Å²) in [5, 5.41) is 3.97. The molecule has 0 bridgehead atoms. The van der Waals surface area contributed by atoms with E-state index in [1.165, 1.54) is 18.4 Å². The Hall–Kier alpha value is -0.510. The molecule has 4 heteroatoms. The van der Waals surface area contributed by atoms with Crippen LogP contribution in [-0.4, -0.2) is 12.6 Å². The SMILES string of the molecule is C=C(Cl)COc1ccc(CNC2CC2)cc1Br. The van der Waals surface area contributed by atoms with Crippen molar-refractivity contribution in [3.63, 3.8) is 0 Å². The lowest BCUT2D eigenvalue weighted by Gasteiger charge is -2.09. The molecule has 1 aliphatic carbocycles. The van der Waals surface area contributed by atoms with Crippen molar-refractivity contribution < 1.29 is 4.74 Å². The van der Waals surface area contributed by atoms with Crippen LogP contribution < -0.4 is 10.1 Å². The molecule has 92 valence electrons. The van der Waals surface area contributed by atoms with E-state index in [0.29, 0.717) is 11.6 Å². The highest BCUT2D eigenvalue weighted by Crippen LogP contribution is 2.27. The average Bonchev–Trinajstić information content (AvgIpc) is 3.08. The second kappa shape index (κ2) is 5.89. The zero-order chi connectivity index (χ0) is 12.3. The van der Waals surface area contributed by atoms with Gasteiger partial charge >= 0.3 is 0 Å². The summed E-state index contributed by atoms with van der Waals surface area (Å²) < 4.78 is 6.44. The quantitative estimate of drug-likeness (QED) is 0.861. The molecule has 0 aliphatic heterocycles. The molecule has 2 nitrogen and oxygen atoms in total. The molecule has 1 aliphatic rings. The predicted molar refractivity (Wildman–Crippen MR) is 74.5 cm³/mol. The van der Waals surface area contributed by atoms with Gasteiger partial charge in [0.15, 0.2) is 0 Å². The Kier molecular flexibility index (Phi) is 4.48. The van der Waals surface area contributed by atoms with E-state index >= 15 is 0 Å². The Morgan fingerprint density at radius 1 is 1.53 bits per heavy atom. The summed E-state index contributed by atoms with van der Waals surface area (Å²) in [5.74, 6) is 0.793. The van der Waals surface area contributed by atoms with Crippen LogP contribution in [0.5, 0.6) is 5.75 Å². The van der Waals surface area contributed by atoms with Gasteiger partial charge in [-0.1, -0.05) is 24.2 Å². The lowest BCUT2D eigenvalue weighted by Crippen LogP contribution is -2.15. The third kappa shape index (κ3) is 4.34. The average molecular weight is 317 g/mol. The fourth-order valence-electron chi connectivity index (χ4n) is 1.48. The summed E-state index contributed by atoms with van der Waals surface area (Å²) in [4.78, 5) is 0. The maximum Gasteiger partial charge on any atom is 0.134 e. The molecule has 0 aromatic heterocycles. The van der Waals surface area contributed by atoms with Crippen LogP contribution in [0.1, 0.15) is 18.4 Å². The molecular weight excluding hydrogens is 302 g/mol. The van der Waals surface area contributed by atoms with Crippen molar-refractivity contribution in [2.45, 2.75) is 25.4 Å². The van der Waals surface area contributed by atoms with E-state index in [1.807, 2.05) is 6.07 Å². The first-order valence-corrected chi connectivity index (χ1v) is 6.80. The number of hydrogen-bond donors (Lipinski definition) is 1. The van der Waals surface area contributed by atoms with E-state index in [9.17, 15) is 0 Å². The van der Waals surface area contributed by atoms with Gasteiger partial charge in [0.05, 0.1) is 4.47 Å². The van der Waals surface area contributed by atoms with Gasteiger partial charge in [-0.3, -0.25) is 0 Å². The van der Waals surface area contributed by atoms with Crippen LogP contribution in [0.2, 0.25) is 0 Å². The van der Waals surface area contributed by atoms with Crippen molar-refractivity contribution in [1.29, 1.82) is 0 Å². The highest BCUT2D eigenvalue weighted by Gasteiger charge is 2.19.